The summed E-state index contributed by atoms with van der Waals surface area (Å²) in [5.41, 5.74) is 0.923. The van der Waals surface area contributed by atoms with Gasteiger partial charge in [-0.15, -0.1) is 0 Å². The van der Waals surface area contributed by atoms with Crippen LogP contribution < -0.4 is 10.1 Å². The van der Waals surface area contributed by atoms with Crippen LogP contribution in [-0.4, -0.2) is 25.6 Å². The van der Waals surface area contributed by atoms with E-state index in [1.165, 1.54) is 19.2 Å². The van der Waals surface area contributed by atoms with Gasteiger partial charge in [0.25, 0.3) is 5.91 Å². The van der Waals surface area contributed by atoms with Crippen molar-refractivity contribution in [1.82, 2.24) is 5.32 Å². The molecule has 0 aliphatic rings. The molecule has 0 saturated heterocycles. The summed E-state index contributed by atoms with van der Waals surface area (Å²) in [6, 6.07) is 10.9. The number of methoxy groups -OCH3 is 1. The minimum absolute atomic E-state index is 0.00654. The Labute approximate surface area is 153 Å². The fourth-order valence-electron chi connectivity index (χ4n) is 2.13. The number of hydrogen-bond donors (Lipinski definition) is 1. The Morgan fingerprint density at radius 3 is 2.48 bits per heavy atom. The third kappa shape index (κ3) is 5.29. The molecule has 0 radical (unpaired) electrons. The van der Waals surface area contributed by atoms with Gasteiger partial charge < -0.3 is 14.8 Å². The molecule has 0 fully saturated rings. The summed E-state index contributed by atoms with van der Waals surface area (Å²) in [5.74, 6) is -1.88. The quantitative estimate of drug-likeness (QED) is 0.739. The van der Waals surface area contributed by atoms with Crippen LogP contribution in [0.1, 0.15) is 28.9 Å². The first-order valence-electron chi connectivity index (χ1n) is 7.46. The SMILES string of the molecule is COc1ccc(C(=O)OCC(=O)N[C@@H](C)c2ccc(Br)cc2)cc1F. The molecule has 1 atom stereocenters. The zero-order valence-electron chi connectivity index (χ0n) is 13.7. The molecule has 2 rings (SSSR count). The van der Waals surface area contributed by atoms with Gasteiger partial charge in [0.2, 0.25) is 0 Å². The van der Waals surface area contributed by atoms with E-state index < -0.39 is 24.3 Å². The van der Waals surface area contributed by atoms with Crippen molar-refractivity contribution in [2.75, 3.05) is 13.7 Å². The first-order chi connectivity index (χ1) is 11.9. The zero-order chi connectivity index (χ0) is 18.4. The summed E-state index contributed by atoms with van der Waals surface area (Å²) in [4.78, 5) is 23.8. The molecule has 5 nitrogen and oxygen atoms in total. The first-order valence-corrected chi connectivity index (χ1v) is 8.25. The Balaban J connectivity index is 1.87. The maximum atomic E-state index is 13.6. The molecule has 0 aliphatic heterocycles. The van der Waals surface area contributed by atoms with Gasteiger partial charge in [0.15, 0.2) is 18.2 Å². The van der Waals surface area contributed by atoms with Crippen LogP contribution in [0, 0.1) is 5.82 Å². The predicted molar refractivity (Wildman–Crippen MR) is 93.9 cm³/mol. The van der Waals surface area contributed by atoms with Crippen LogP contribution in [0.3, 0.4) is 0 Å². The smallest absolute Gasteiger partial charge is 0.338 e. The summed E-state index contributed by atoms with van der Waals surface area (Å²) in [6.45, 7) is 1.37. The second kappa shape index (κ2) is 8.62. The van der Waals surface area contributed by atoms with Gasteiger partial charge in [-0.1, -0.05) is 28.1 Å². The molecule has 0 spiro atoms. The highest BCUT2D eigenvalue weighted by Crippen LogP contribution is 2.18. The van der Waals surface area contributed by atoms with Crippen LogP contribution in [0.25, 0.3) is 0 Å². The summed E-state index contributed by atoms with van der Waals surface area (Å²) < 4.78 is 24.2. The van der Waals surface area contributed by atoms with Crippen LogP contribution in [0.4, 0.5) is 4.39 Å². The highest BCUT2D eigenvalue weighted by molar-refractivity contribution is 9.10. The number of hydrogen-bond acceptors (Lipinski definition) is 4. The normalized spacial score (nSPS) is 11.5. The third-order valence-electron chi connectivity index (χ3n) is 3.47. The predicted octanol–water partition coefficient (Wildman–Crippen LogP) is 3.63. The Bertz CT molecular complexity index is 764. The number of esters is 1. The van der Waals surface area contributed by atoms with Crippen molar-refractivity contribution in [3.05, 3.63) is 63.9 Å². The average Bonchev–Trinajstić information content (AvgIpc) is 2.60. The summed E-state index contributed by atoms with van der Waals surface area (Å²) in [5, 5.41) is 2.73. The van der Waals surface area contributed by atoms with Crippen LogP contribution in [0.5, 0.6) is 5.75 Å². The molecule has 2 aromatic rings. The standard InChI is InChI=1S/C18H17BrFNO4/c1-11(12-3-6-14(19)7-4-12)21-17(22)10-25-18(23)13-5-8-16(24-2)15(20)9-13/h3-9,11H,10H2,1-2H3,(H,21,22)/t11-/m0/s1. The van der Waals surface area contributed by atoms with Gasteiger partial charge in [-0.3, -0.25) is 4.79 Å². The molecule has 0 saturated carbocycles. The van der Waals surface area contributed by atoms with Crippen molar-refractivity contribution >= 4 is 27.8 Å². The molecule has 132 valence electrons. The lowest BCUT2D eigenvalue weighted by Gasteiger charge is -2.14. The van der Waals surface area contributed by atoms with Gasteiger partial charge in [-0.25, -0.2) is 9.18 Å². The van der Waals surface area contributed by atoms with E-state index in [0.717, 1.165) is 16.1 Å². The maximum Gasteiger partial charge on any atom is 0.338 e. The van der Waals surface area contributed by atoms with Crippen molar-refractivity contribution in [2.24, 2.45) is 0 Å². The number of ether oxygens (including phenoxy) is 2. The van der Waals surface area contributed by atoms with Gasteiger partial charge in [-0.2, -0.15) is 0 Å². The molecular formula is C18H17BrFNO4. The second-order valence-corrected chi connectivity index (χ2v) is 6.18. The zero-order valence-corrected chi connectivity index (χ0v) is 15.3. The lowest BCUT2D eigenvalue weighted by atomic mass is 10.1. The first kappa shape index (κ1) is 18.9. The van der Waals surface area contributed by atoms with E-state index in [-0.39, 0.29) is 17.4 Å². The molecule has 25 heavy (non-hydrogen) atoms. The highest BCUT2D eigenvalue weighted by atomic mass is 79.9. The molecule has 0 aliphatic carbocycles. The molecular weight excluding hydrogens is 393 g/mol. The molecule has 7 heteroatoms. The average molecular weight is 410 g/mol. The number of rotatable bonds is 6. The van der Waals surface area contributed by atoms with Crippen LogP contribution in [0.15, 0.2) is 46.9 Å². The van der Waals surface area contributed by atoms with Crippen LogP contribution in [0.2, 0.25) is 0 Å². The number of carbonyl (C=O) groups excluding carboxylic acids is 2. The topological polar surface area (TPSA) is 64.6 Å². The van der Waals surface area contributed by atoms with E-state index in [1.807, 2.05) is 31.2 Å². The van der Waals surface area contributed by atoms with Crippen molar-refractivity contribution < 1.29 is 23.5 Å². The van der Waals surface area contributed by atoms with Crippen molar-refractivity contribution in [3.63, 3.8) is 0 Å². The summed E-state index contributed by atoms with van der Waals surface area (Å²) in [7, 11) is 1.33. The molecule has 0 unspecified atom stereocenters. The number of nitrogens with one attached hydrogen (secondary N) is 1. The van der Waals surface area contributed by atoms with E-state index in [0.29, 0.717) is 0 Å². The van der Waals surface area contributed by atoms with Crippen LogP contribution in [-0.2, 0) is 9.53 Å². The fraction of sp³-hybridized carbons (Fsp3) is 0.222. The Morgan fingerprint density at radius 2 is 1.88 bits per heavy atom. The third-order valence-corrected chi connectivity index (χ3v) is 4.00. The van der Waals surface area contributed by atoms with Crippen molar-refractivity contribution in [3.8, 4) is 5.75 Å². The van der Waals surface area contributed by atoms with Crippen molar-refractivity contribution in [1.29, 1.82) is 0 Å². The lowest BCUT2D eigenvalue weighted by Crippen LogP contribution is -2.31. The number of halogens is 2. The fourth-order valence-corrected chi connectivity index (χ4v) is 2.39. The van der Waals surface area contributed by atoms with Gasteiger partial charge in [0.1, 0.15) is 0 Å². The Kier molecular flexibility index (Phi) is 6.52. The monoisotopic (exact) mass is 409 g/mol. The minimum Gasteiger partial charge on any atom is -0.494 e. The number of benzene rings is 2. The summed E-state index contributed by atoms with van der Waals surface area (Å²) >= 11 is 3.34. The largest absolute Gasteiger partial charge is 0.494 e. The molecule has 1 N–H and O–H groups in total. The molecule has 0 aromatic heterocycles. The molecule has 0 bridgehead atoms. The minimum atomic E-state index is -0.784. The highest BCUT2D eigenvalue weighted by Gasteiger charge is 2.15. The van der Waals surface area contributed by atoms with Gasteiger partial charge in [0.05, 0.1) is 18.7 Å². The Morgan fingerprint density at radius 1 is 1.20 bits per heavy atom. The van der Waals surface area contributed by atoms with Crippen LogP contribution >= 0.6 is 15.9 Å². The lowest BCUT2D eigenvalue weighted by molar-refractivity contribution is -0.124. The van der Waals surface area contributed by atoms with E-state index in [4.69, 9.17) is 9.47 Å². The van der Waals surface area contributed by atoms with E-state index in [1.54, 1.807) is 0 Å². The van der Waals surface area contributed by atoms with Crippen molar-refractivity contribution in [2.45, 2.75) is 13.0 Å². The molecule has 0 heterocycles. The second-order valence-electron chi connectivity index (χ2n) is 5.27. The van der Waals surface area contributed by atoms with E-state index in [2.05, 4.69) is 21.2 Å². The van der Waals surface area contributed by atoms with E-state index >= 15 is 0 Å². The number of carbonyl (C=O) groups is 2. The number of amides is 1. The molecule has 2 aromatic carbocycles. The summed E-state index contributed by atoms with van der Waals surface area (Å²) in [6.07, 6.45) is 0. The van der Waals surface area contributed by atoms with Gasteiger partial charge in [-0.05, 0) is 42.8 Å². The van der Waals surface area contributed by atoms with Gasteiger partial charge in [0, 0.05) is 4.47 Å². The van der Waals surface area contributed by atoms with E-state index in [9.17, 15) is 14.0 Å². The maximum absolute atomic E-state index is 13.6. The Hall–Kier alpha value is -2.41. The molecule has 1 amide bonds. The van der Waals surface area contributed by atoms with Gasteiger partial charge >= 0.3 is 5.97 Å².